The molecule has 0 saturated carbocycles. The molecule has 2 aromatic heterocycles. The summed E-state index contributed by atoms with van der Waals surface area (Å²) in [7, 11) is 1.92. The minimum Gasteiger partial charge on any atom is -0.372 e. The lowest BCUT2D eigenvalue weighted by atomic mass is 10.1. The molecule has 0 amide bonds. The Labute approximate surface area is 106 Å². The molecular weight excluding hydrogens is 230 g/mol. The van der Waals surface area contributed by atoms with E-state index in [1.54, 1.807) is 11.3 Å². The Morgan fingerprint density at radius 3 is 2.71 bits per heavy atom. The van der Waals surface area contributed by atoms with E-state index in [9.17, 15) is 0 Å². The summed E-state index contributed by atoms with van der Waals surface area (Å²) in [5, 5.41) is 4.34. The van der Waals surface area contributed by atoms with Crippen LogP contribution in [0.2, 0.25) is 0 Å². The van der Waals surface area contributed by atoms with Crippen LogP contribution >= 0.6 is 11.3 Å². The number of hydrogen-bond donors (Lipinski definition) is 1. The zero-order valence-corrected chi connectivity index (χ0v) is 11.7. The summed E-state index contributed by atoms with van der Waals surface area (Å²) in [6, 6.07) is 2.20. The van der Waals surface area contributed by atoms with Gasteiger partial charge in [-0.2, -0.15) is 0 Å². The SMILES string of the molecule is CCc1cc2c(NC)nc(C(C)CC)nc2s1. The molecule has 1 atom stereocenters. The van der Waals surface area contributed by atoms with E-state index in [1.807, 2.05) is 7.05 Å². The van der Waals surface area contributed by atoms with Crippen LogP contribution < -0.4 is 5.32 Å². The van der Waals surface area contributed by atoms with Gasteiger partial charge in [0, 0.05) is 17.8 Å². The van der Waals surface area contributed by atoms with Gasteiger partial charge >= 0.3 is 0 Å². The van der Waals surface area contributed by atoms with Crippen molar-refractivity contribution in [1.29, 1.82) is 0 Å². The van der Waals surface area contributed by atoms with E-state index in [0.29, 0.717) is 5.92 Å². The third-order valence-electron chi connectivity index (χ3n) is 3.10. The van der Waals surface area contributed by atoms with Gasteiger partial charge in [0.1, 0.15) is 16.5 Å². The van der Waals surface area contributed by atoms with Gasteiger partial charge in [0.15, 0.2) is 0 Å². The summed E-state index contributed by atoms with van der Waals surface area (Å²) >= 11 is 1.78. The summed E-state index contributed by atoms with van der Waals surface area (Å²) in [6.45, 7) is 6.52. The molecule has 0 bridgehead atoms. The topological polar surface area (TPSA) is 37.8 Å². The molecule has 3 nitrogen and oxygen atoms in total. The maximum atomic E-state index is 4.69. The standard InChI is InChI=1S/C13H19N3S/c1-5-8(3)11-15-12(14-4)10-7-9(6-2)17-13(10)16-11/h7-8H,5-6H2,1-4H3,(H,14,15,16). The Morgan fingerprint density at radius 1 is 1.35 bits per heavy atom. The third kappa shape index (κ3) is 2.27. The van der Waals surface area contributed by atoms with Crippen LogP contribution in [0.1, 0.15) is 43.8 Å². The summed E-state index contributed by atoms with van der Waals surface area (Å²) in [5.41, 5.74) is 0. The van der Waals surface area contributed by atoms with Gasteiger partial charge in [-0.05, 0) is 18.9 Å². The Balaban J connectivity index is 2.59. The molecule has 2 rings (SSSR count). The van der Waals surface area contributed by atoms with Gasteiger partial charge < -0.3 is 5.32 Å². The van der Waals surface area contributed by atoms with E-state index in [-0.39, 0.29) is 0 Å². The van der Waals surface area contributed by atoms with Crippen molar-refractivity contribution in [3.8, 4) is 0 Å². The van der Waals surface area contributed by atoms with Crippen molar-refractivity contribution in [2.75, 3.05) is 12.4 Å². The molecule has 0 fully saturated rings. The fraction of sp³-hybridized carbons (Fsp3) is 0.538. The van der Waals surface area contributed by atoms with E-state index in [4.69, 9.17) is 4.98 Å². The molecule has 2 heterocycles. The van der Waals surface area contributed by atoms with E-state index in [1.165, 1.54) is 4.88 Å². The van der Waals surface area contributed by atoms with Gasteiger partial charge in [0.25, 0.3) is 0 Å². The van der Waals surface area contributed by atoms with Gasteiger partial charge in [-0.25, -0.2) is 9.97 Å². The first-order chi connectivity index (χ1) is 8.19. The Kier molecular flexibility index (Phi) is 3.62. The molecule has 0 spiro atoms. The Hall–Kier alpha value is -1.16. The zero-order valence-electron chi connectivity index (χ0n) is 10.9. The van der Waals surface area contributed by atoms with Crippen molar-refractivity contribution < 1.29 is 0 Å². The van der Waals surface area contributed by atoms with Crippen molar-refractivity contribution in [3.63, 3.8) is 0 Å². The first-order valence-electron chi connectivity index (χ1n) is 6.17. The highest BCUT2D eigenvalue weighted by atomic mass is 32.1. The lowest BCUT2D eigenvalue weighted by Gasteiger charge is -2.09. The lowest BCUT2D eigenvalue weighted by molar-refractivity contribution is 0.685. The first kappa shape index (κ1) is 12.3. The second-order valence-electron chi connectivity index (χ2n) is 4.27. The molecule has 0 aliphatic rings. The molecule has 0 aromatic carbocycles. The Bertz CT molecular complexity index is 519. The largest absolute Gasteiger partial charge is 0.372 e. The average Bonchev–Trinajstić information content (AvgIpc) is 2.79. The van der Waals surface area contributed by atoms with Crippen LogP contribution in [0.5, 0.6) is 0 Å². The van der Waals surface area contributed by atoms with Crippen molar-refractivity contribution in [2.45, 2.75) is 39.5 Å². The number of nitrogens with zero attached hydrogens (tertiary/aromatic N) is 2. The lowest BCUT2D eigenvalue weighted by Crippen LogP contribution is -2.03. The van der Waals surface area contributed by atoms with Crippen molar-refractivity contribution in [1.82, 2.24) is 9.97 Å². The summed E-state index contributed by atoms with van der Waals surface area (Å²) in [5.74, 6) is 2.33. The number of aryl methyl sites for hydroxylation is 1. The summed E-state index contributed by atoms with van der Waals surface area (Å²) in [4.78, 5) is 11.8. The molecule has 2 aromatic rings. The molecular formula is C13H19N3S. The normalized spacial score (nSPS) is 12.9. The van der Waals surface area contributed by atoms with Gasteiger partial charge in [0.2, 0.25) is 0 Å². The molecule has 92 valence electrons. The predicted octanol–water partition coefficient (Wildman–Crippen LogP) is 3.81. The third-order valence-corrected chi connectivity index (χ3v) is 4.27. The maximum Gasteiger partial charge on any atom is 0.138 e. The van der Waals surface area contributed by atoms with Crippen molar-refractivity contribution >= 4 is 27.4 Å². The van der Waals surface area contributed by atoms with E-state index >= 15 is 0 Å². The van der Waals surface area contributed by atoms with Gasteiger partial charge in [-0.1, -0.05) is 20.8 Å². The minimum absolute atomic E-state index is 0.415. The van der Waals surface area contributed by atoms with Crippen LogP contribution in [-0.2, 0) is 6.42 Å². The fourth-order valence-corrected chi connectivity index (χ4v) is 2.73. The average molecular weight is 249 g/mol. The van der Waals surface area contributed by atoms with Crippen LogP contribution in [0.25, 0.3) is 10.2 Å². The van der Waals surface area contributed by atoms with E-state index < -0.39 is 0 Å². The molecule has 1 unspecified atom stereocenters. The zero-order chi connectivity index (χ0) is 12.4. The highest BCUT2D eigenvalue weighted by molar-refractivity contribution is 7.18. The van der Waals surface area contributed by atoms with Gasteiger partial charge in [-0.3, -0.25) is 0 Å². The number of rotatable bonds is 4. The van der Waals surface area contributed by atoms with E-state index in [2.05, 4.69) is 37.1 Å². The molecule has 17 heavy (non-hydrogen) atoms. The van der Waals surface area contributed by atoms with Crippen LogP contribution in [-0.4, -0.2) is 17.0 Å². The number of thiophene rings is 1. The van der Waals surface area contributed by atoms with Crippen LogP contribution in [0.4, 0.5) is 5.82 Å². The second-order valence-corrected chi connectivity index (χ2v) is 5.39. The molecule has 0 aliphatic carbocycles. The highest BCUT2D eigenvalue weighted by Gasteiger charge is 2.13. The maximum absolute atomic E-state index is 4.69. The predicted molar refractivity (Wildman–Crippen MR) is 75.0 cm³/mol. The van der Waals surface area contributed by atoms with Crippen molar-refractivity contribution in [3.05, 3.63) is 16.8 Å². The van der Waals surface area contributed by atoms with Crippen LogP contribution in [0, 0.1) is 0 Å². The fourth-order valence-electron chi connectivity index (χ4n) is 1.76. The van der Waals surface area contributed by atoms with Crippen LogP contribution in [0.3, 0.4) is 0 Å². The summed E-state index contributed by atoms with van der Waals surface area (Å²) < 4.78 is 0. The quantitative estimate of drug-likeness (QED) is 0.895. The second kappa shape index (κ2) is 5.00. The number of hydrogen-bond acceptors (Lipinski definition) is 4. The smallest absolute Gasteiger partial charge is 0.138 e. The Morgan fingerprint density at radius 2 is 2.12 bits per heavy atom. The monoisotopic (exact) mass is 249 g/mol. The number of fused-ring (bicyclic) bond motifs is 1. The number of nitrogens with one attached hydrogen (secondary N) is 1. The molecule has 4 heteroatoms. The molecule has 0 saturated heterocycles. The number of aromatic nitrogens is 2. The first-order valence-corrected chi connectivity index (χ1v) is 6.99. The molecule has 0 aliphatic heterocycles. The van der Waals surface area contributed by atoms with Crippen molar-refractivity contribution in [2.24, 2.45) is 0 Å². The van der Waals surface area contributed by atoms with Gasteiger partial charge in [-0.15, -0.1) is 11.3 Å². The number of anilines is 1. The minimum atomic E-state index is 0.415. The highest BCUT2D eigenvalue weighted by Crippen LogP contribution is 2.30. The summed E-state index contributed by atoms with van der Waals surface area (Å²) in [6.07, 6.45) is 2.13. The molecule has 1 N–H and O–H groups in total. The van der Waals surface area contributed by atoms with Crippen LogP contribution in [0.15, 0.2) is 6.07 Å². The van der Waals surface area contributed by atoms with Gasteiger partial charge in [0.05, 0.1) is 5.39 Å². The van der Waals surface area contributed by atoms with E-state index in [0.717, 1.165) is 34.7 Å². The molecule has 0 radical (unpaired) electrons.